The van der Waals surface area contributed by atoms with Crippen LogP contribution in [0, 0.1) is 11.8 Å². The maximum absolute atomic E-state index is 12.2. The third kappa shape index (κ3) is 3.78. The van der Waals surface area contributed by atoms with E-state index in [-0.39, 0.29) is 5.56 Å². The third-order valence-electron chi connectivity index (χ3n) is 5.40. The molecule has 3 rings (SSSR count). The summed E-state index contributed by atoms with van der Waals surface area (Å²) in [5.74, 6) is 1.91. The standard InChI is InChI=1S/C18H29N3O/c1-14(2)17-10-18(22)21(13-19-17)12-16-6-8-20(9-7-16)11-15-4-3-5-15/h10,13-16H,3-9,11-12H2,1-2H3. The van der Waals surface area contributed by atoms with E-state index in [1.165, 1.54) is 51.7 Å². The highest BCUT2D eigenvalue weighted by Gasteiger charge is 2.24. The molecule has 0 atom stereocenters. The van der Waals surface area contributed by atoms with Crippen molar-refractivity contribution in [1.82, 2.24) is 14.5 Å². The van der Waals surface area contributed by atoms with Crippen LogP contribution >= 0.6 is 0 Å². The molecular weight excluding hydrogens is 274 g/mol. The number of hydrogen-bond acceptors (Lipinski definition) is 3. The average Bonchev–Trinajstić information content (AvgIpc) is 2.46. The lowest BCUT2D eigenvalue weighted by Gasteiger charge is -2.37. The molecule has 1 aliphatic heterocycles. The van der Waals surface area contributed by atoms with Crippen molar-refractivity contribution >= 4 is 0 Å². The predicted molar refractivity (Wildman–Crippen MR) is 89.1 cm³/mol. The highest BCUT2D eigenvalue weighted by molar-refractivity contribution is 5.04. The van der Waals surface area contributed by atoms with E-state index >= 15 is 0 Å². The first-order valence-electron chi connectivity index (χ1n) is 8.90. The van der Waals surface area contributed by atoms with Gasteiger partial charge in [-0.3, -0.25) is 9.36 Å². The van der Waals surface area contributed by atoms with Crippen molar-refractivity contribution in [3.05, 3.63) is 28.4 Å². The summed E-state index contributed by atoms with van der Waals surface area (Å²) < 4.78 is 1.80. The van der Waals surface area contributed by atoms with Crippen molar-refractivity contribution in [3.63, 3.8) is 0 Å². The first-order valence-corrected chi connectivity index (χ1v) is 8.90. The summed E-state index contributed by atoms with van der Waals surface area (Å²) in [5.41, 5.74) is 1.01. The smallest absolute Gasteiger partial charge is 0.253 e. The molecule has 1 aromatic rings. The van der Waals surface area contributed by atoms with Gasteiger partial charge < -0.3 is 4.90 Å². The molecule has 0 spiro atoms. The van der Waals surface area contributed by atoms with Gasteiger partial charge in [0.1, 0.15) is 0 Å². The Hall–Kier alpha value is -1.16. The van der Waals surface area contributed by atoms with Crippen molar-refractivity contribution in [3.8, 4) is 0 Å². The summed E-state index contributed by atoms with van der Waals surface area (Å²) >= 11 is 0. The van der Waals surface area contributed by atoms with E-state index in [1.807, 2.05) is 0 Å². The number of hydrogen-bond donors (Lipinski definition) is 0. The van der Waals surface area contributed by atoms with E-state index in [4.69, 9.17) is 0 Å². The summed E-state index contributed by atoms with van der Waals surface area (Å²) in [5, 5.41) is 0. The minimum absolute atomic E-state index is 0.107. The van der Waals surface area contributed by atoms with E-state index in [9.17, 15) is 4.79 Å². The molecule has 0 aromatic carbocycles. The van der Waals surface area contributed by atoms with Gasteiger partial charge in [-0.1, -0.05) is 20.3 Å². The number of rotatable bonds is 5. The molecule has 122 valence electrons. The molecule has 0 N–H and O–H groups in total. The Balaban J connectivity index is 1.51. The largest absolute Gasteiger partial charge is 0.303 e. The monoisotopic (exact) mass is 303 g/mol. The van der Waals surface area contributed by atoms with Gasteiger partial charge in [0.2, 0.25) is 0 Å². The Morgan fingerprint density at radius 3 is 2.36 bits per heavy atom. The zero-order valence-electron chi connectivity index (χ0n) is 14.0. The second kappa shape index (κ2) is 6.95. The molecule has 0 unspecified atom stereocenters. The normalized spacial score (nSPS) is 21.2. The lowest BCUT2D eigenvalue weighted by Crippen LogP contribution is -2.40. The molecule has 0 bridgehead atoms. The lowest BCUT2D eigenvalue weighted by molar-refractivity contribution is 0.125. The molecule has 4 nitrogen and oxygen atoms in total. The van der Waals surface area contributed by atoms with Gasteiger partial charge in [-0.25, -0.2) is 4.98 Å². The van der Waals surface area contributed by atoms with Crippen LogP contribution in [0.1, 0.15) is 57.6 Å². The lowest BCUT2D eigenvalue weighted by atomic mass is 9.84. The first kappa shape index (κ1) is 15.7. The van der Waals surface area contributed by atoms with Gasteiger partial charge in [0.05, 0.1) is 12.0 Å². The fraction of sp³-hybridized carbons (Fsp3) is 0.778. The minimum Gasteiger partial charge on any atom is -0.303 e. The van der Waals surface area contributed by atoms with Crippen molar-refractivity contribution < 1.29 is 0 Å². The molecule has 1 saturated heterocycles. The van der Waals surface area contributed by atoms with Crippen LogP contribution in [0.15, 0.2) is 17.2 Å². The van der Waals surface area contributed by atoms with Crippen LogP contribution in [-0.2, 0) is 6.54 Å². The average molecular weight is 303 g/mol. The molecule has 1 aromatic heterocycles. The molecular formula is C18H29N3O. The zero-order chi connectivity index (χ0) is 15.5. The van der Waals surface area contributed by atoms with Gasteiger partial charge in [0.15, 0.2) is 0 Å². The van der Waals surface area contributed by atoms with Crippen molar-refractivity contribution in [1.29, 1.82) is 0 Å². The van der Waals surface area contributed by atoms with Gasteiger partial charge >= 0.3 is 0 Å². The van der Waals surface area contributed by atoms with Crippen molar-refractivity contribution in [2.45, 2.75) is 58.4 Å². The highest BCUT2D eigenvalue weighted by atomic mass is 16.1. The second-order valence-electron chi connectivity index (χ2n) is 7.50. The Morgan fingerprint density at radius 2 is 1.82 bits per heavy atom. The van der Waals surface area contributed by atoms with Crippen LogP contribution in [0.3, 0.4) is 0 Å². The van der Waals surface area contributed by atoms with E-state index in [0.717, 1.165) is 18.2 Å². The Bertz CT molecular complexity index is 540. The molecule has 0 amide bonds. The Morgan fingerprint density at radius 1 is 1.14 bits per heavy atom. The molecule has 1 saturated carbocycles. The molecule has 2 aliphatic rings. The van der Waals surface area contributed by atoms with E-state index in [1.54, 1.807) is 17.0 Å². The van der Waals surface area contributed by atoms with Crippen LogP contribution in [-0.4, -0.2) is 34.1 Å². The molecule has 0 radical (unpaired) electrons. The third-order valence-corrected chi connectivity index (χ3v) is 5.40. The highest BCUT2D eigenvalue weighted by Crippen LogP contribution is 2.29. The molecule has 2 heterocycles. The van der Waals surface area contributed by atoms with Gasteiger partial charge in [-0.15, -0.1) is 0 Å². The summed E-state index contributed by atoms with van der Waals surface area (Å²) in [6, 6.07) is 1.70. The van der Waals surface area contributed by atoms with Gasteiger partial charge in [-0.2, -0.15) is 0 Å². The molecule has 2 fully saturated rings. The Labute approximate surface area is 133 Å². The summed E-state index contributed by atoms with van der Waals surface area (Å²) in [4.78, 5) is 19.2. The maximum atomic E-state index is 12.2. The van der Waals surface area contributed by atoms with E-state index in [2.05, 4.69) is 23.7 Å². The fourth-order valence-corrected chi connectivity index (χ4v) is 3.56. The number of piperidine rings is 1. The Kier molecular flexibility index (Phi) is 4.97. The van der Waals surface area contributed by atoms with Crippen LogP contribution < -0.4 is 5.56 Å². The van der Waals surface area contributed by atoms with Crippen LogP contribution in [0.4, 0.5) is 0 Å². The van der Waals surface area contributed by atoms with Crippen LogP contribution in [0.2, 0.25) is 0 Å². The van der Waals surface area contributed by atoms with Crippen LogP contribution in [0.25, 0.3) is 0 Å². The number of aromatic nitrogens is 2. The molecule has 4 heteroatoms. The summed E-state index contributed by atoms with van der Waals surface area (Å²) in [6.07, 6.45) is 8.48. The number of likely N-dealkylation sites (tertiary alicyclic amines) is 1. The van der Waals surface area contributed by atoms with Gasteiger partial charge in [0, 0.05) is 19.2 Å². The first-order chi connectivity index (χ1) is 10.6. The molecule has 1 aliphatic carbocycles. The SMILES string of the molecule is CC(C)c1cc(=O)n(CC2CCN(CC3CCC3)CC2)cn1. The zero-order valence-corrected chi connectivity index (χ0v) is 14.0. The fourth-order valence-electron chi connectivity index (χ4n) is 3.56. The van der Waals surface area contributed by atoms with E-state index < -0.39 is 0 Å². The number of nitrogens with zero attached hydrogens (tertiary/aromatic N) is 3. The topological polar surface area (TPSA) is 38.1 Å². The quantitative estimate of drug-likeness (QED) is 0.839. The van der Waals surface area contributed by atoms with Gasteiger partial charge in [0.25, 0.3) is 5.56 Å². The van der Waals surface area contributed by atoms with Gasteiger partial charge in [-0.05, 0) is 56.5 Å². The van der Waals surface area contributed by atoms with Crippen molar-refractivity contribution in [2.75, 3.05) is 19.6 Å². The van der Waals surface area contributed by atoms with Crippen LogP contribution in [0.5, 0.6) is 0 Å². The molecule has 22 heavy (non-hydrogen) atoms. The minimum atomic E-state index is 0.107. The predicted octanol–water partition coefficient (Wildman–Crippen LogP) is 2.88. The van der Waals surface area contributed by atoms with Crippen molar-refractivity contribution in [2.24, 2.45) is 11.8 Å². The summed E-state index contributed by atoms with van der Waals surface area (Å²) in [7, 11) is 0. The summed E-state index contributed by atoms with van der Waals surface area (Å²) in [6.45, 7) is 8.69. The van der Waals surface area contributed by atoms with E-state index in [0.29, 0.717) is 11.8 Å². The maximum Gasteiger partial charge on any atom is 0.253 e. The second-order valence-corrected chi connectivity index (χ2v) is 7.50.